The summed E-state index contributed by atoms with van der Waals surface area (Å²) in [7, 11) is 4.31. The minimum atomic E-state index is -4.76. The number of likely N-dealkylation sites (tertiary alicyclic amines) is 1. The molecule has 2 fully saturated rings. The number of halogens is 5. The van der Waals surface area contributed by atoms with Gasteiger partial charge in [0.2, 0.25) is 0 Å². The Labute approximate surface area is 232 Å². The number of aromatic amines is 1. The molecule has 2 saturated heterocycles. The van der Waals surface area contributed by atoms with Crippen molar-refractivity contribution in [3.8, 4) is 0 Å². The topological polar surface area (TPSA) is 102 Å². The van der Waals surface area contributed by atoms with Crippen LogP contribution >= 0.6 is 0 Å². The van der Waals surface area contributed by atoms with Crippen LogP contribution in [0.1, 0.15) is 36.4 Å². The van der Waals surface area contributed by atoms with Gasteiger partial charge in [-0.1, -0.05) is 0 Å². The molecule has 5 heterocycles. The zero-order chi connectivity index (χ0) is 29.7. The van der Waals surface area contributed by atoms with E-state index in [-0.39, 0.29) is 18.9 Å². The molecule has 3 aromatic heterocycles. The molecule has 5 rings (SSSR count). The molecule has 0 spiro atoms. The van der Waals surface area contributed by atoms with E-state index in [9.17, 15) is 22.8 Å². The standard InChI is InChI=1S/C26H31F5N8O2/c1-36-7-4-15(5-8-36)21-18-11-17(12-32-22(18)35-34-21)39-9-6-20(25(27,28)14-39)38(3)24(41)33-19-10-16(26(29,30)31)13-37(2)23(19)40/h10-13,15,20H,4-9,14H2,1-3H3,(H,33,41)(H,32,34,35)/t20-/m0/s1. The summed E-state index contributed by atoms with van der Waals surface area (Å²) in [5.74, 6) is -3.10. The first kappa shape index (κ1) is 28.8. The van der Waals surface area contributed by atoms with E-state index in [1.807, 2.05) is 6.07 Å². The van der Waals surface area contributed by atoms with Gasteiger partial charge < -0.3 is 24.6 Å². The largest absolute Gasteiger partial charge is 0.417 e. The fourth-order valence-corrected chi connectivity index (χ4v) is 5.62. The molecule has 1 atom stereocenters. The van der Waals surface area contributed by atoms with Gasteiger partial charge in [-0.2, -0.15) is 18.3 Å². The number of hydrogen-bond donors (Lipinski definition) is 2. The molecule has 0 aliphatic carbocycles. The van der Waals surface area contributed by atoms with E-state index in [1.54, 1.807) is 0 Å². The number of piperidine rings is 2. The number of nitrogens with zero attached hydrogens (tertiary/aromatic N) is 6. The third kappa shape index (κ3) is 5.72. The fourth-order valence-electron chi connectivity index (χ4n) is 5.62. The van der Waals surface area contributed by atoms with Crippen LogP contribution in [0.15, 0.2) is 29.3 Å². The minimum Gasteiger partial charge on any atom is -0.364 e. The summed E-state index contributed by atoms with van der Waals surface area (Å²) in [4.78, 5) is 34.0. The van der Waals surface area contributed by atoms with E-state index in [4.69, 9.17) is 0 Å². The average Bonchev–Trinajstić information content (AvgIpc) is 3.33. The normalized spacial score (nSPS) is 20.4. The van der Waals surface area contributed by atoms with Crippen molar-refractivity contribution in [1.82, 2.24) is 29.5 Å². The molecule has 222 valence electrons. The maximum absolute atomic E-state index is 15.5. The number of aryl methyl sites for hydroxylation is 1. The van der Waals surface area contributed by atoms with E-state index >= 15 is 8.78 Å². The number of H-pyrrole nitrogens is 1. The van der Waals surface area contributed by atoms with Crippen molar-refractivity contribution < 1.29 is 26.7 Å². The molecule has 2 aliphatic heterocycles. The SMILES string of the molecule is CN1CCC(c2[nH]nc3ncc(N4CC[C@H](N(C)C(=O)Nc5cc(C(F)(F)F)cn(C)c5=O)C(F)(F)C4)cc23)CC1. The van der Waals surface area contributed by atoms with E-state index in [0.717, 1.165) is 56.0 Å². The number of nitrogens with one attached hydrogen (secondary N) is 2. The van der Waals surface area contributed by atoms with Crippen LogP contribution in [0.2, 0.25) is 0 Å². The number of alkyl halides is 5. The Morgan fingerprint density at radius 1 is 1.15 bits per heavy atom. The molecule has 0 radical (unpaired) electrons. The molecule has 0 saturated carbocycles. The fraction of sp³-hybridized carbons (Fsp3) is 0.538. The number of rotatable bonds is 4. The molecule has 15 heteroatoms. The van der Waals surface area contributed by atoms with Crippen molar-refractivity contribution in [1.29, 1.82) is 0 Å². The first-order chi connectivity index (χ1) is 19.2. The molecule has 2 amide bonds. The molecule has 0 aromatic carbocycles. The number of amides is 2. The summed E-state index contributed by atoms with van der Waals surface area (Å²) >= 11 is 0. The van der Waals surface area contributed by atoms with Crippen molar-refractivity contribution in [2.24, 2.45) is 7.05 Å². The maximum Gasteiger partial charge on any atom is 0.417 e. The predicted molar refractivity (Wildman–Crippen MR) is 142 cm³/mol. The first-order valence-corrected chi connectivity index (χ1v) is 13.2. The molecular formula is C26H31F5N8O2. The van der Waals surface area contributed by atoms with Crippen molar-refractivity contribution >= 4 is 28.4 Å². The number of pyridine rings is 2. The van der Waals surface area contributed by atoms with E-state index in [0.29, 0.717) is 28.2 Å². The van der Waals surface area contributed by atoms with Crippen LogP contribution < -0.4 is 15.8 Å². The monoisotopic (exact) mass is 582 g/mol. The van der Waals surface area contributed by atoms with Crippen LogP contribution in [0, 0.1) is 0 Å². The van der Waals surface area contributed by atoms with Crippen molar-refractivity contribution in [2.45, 2.75) is 43.3 Å². The number of aromatic nitrogens is 4. The van der Waals surface area contributed by atoms with Crippen LogP contribution in [0.5, 0.6) is 0 Å². The quantitative estimate of drug-likeness (QED) is 0.453. The Balaban J connectivity index is 1.31. The lowest BCUT2D eigenvalue weighted by Gasteiger charge is -2.42. The zero-order valence-electron chi connectivity index (χ0n) is 22.8. The van der Waals surface area contributed by atoms with Gasteiger partial charge in [0.05, 0.1) is 24.0 Å². The molecular weight excluding hydrogens is 551 g/mol. The zero-order valence-corrected chi connectivity index (χ0v) is 22.8. The Morgan fingerprint density at radius 3 is 2.51 bits per heavy atom. The average molecular weight is 583 g/mol. The maximum atomic E-state index is 15.5. The number of carbonyl (C=O) groups excluding carboxylic acids is 1. The highest BCUT2D eigenvalue weighted by atomic mass is 19.4. The van der Waals surface area contributed by atoms with Gasteiger partial charge in [-0.25, -0.2) is 18.6 Å². The van der Waals surface area contributed by atoms with Crippen LogP contribution in [0.25, 0.3) is 11.0 Å². The lowest BCUT2D eigenvalue weighted by Crippen LogP contribution is -2.59. The first-order valence-electron chi connectivity index (χ1n) is 13.2. The number of carbonyl (C=O) groups is 1. The van der Waals surface area contributed by atoms with E-state index in [1.165, 1.54) is 11.1 Å². The van der Waals surface area contributed by atoms with Gasteiger partial charge in [0.15, 0.2) is 5.65 Å². The van der Waals surface area contributed by atoms with Gasteiger partial charge in [-0.15, -0.1) is 0 Å². The summed E-state index contributed by atoms with van der Waals surface area (Å²) in [6, 6.07) is -0.346. The molecule has 0 bridgehead atoms. The predicted octanol–water partition coefficient (Wildman–Crippen LogP) is 3.86. The third-order valence-electron chi connectivity index (χ3n) is 8.02. The molecule has 41 heavy (non-hydrogen) atoms. The van der Waals surface area contributed by atoms with Crippen LogP contribution in [0.4, 0.5) is 38.1 Å². The van der Waals surface area contributed by atoms with Gasteiger partial charge in [0.25, 0.3) is 11.5 Å². The van der Waals surface area contributed by atoms with Crippen molar-refractivity contribution in [3.05, 3.63) is 46.1 Å². The molecule has 0 unspecified atom stereocenters. The Bertz CT molecular complexity index is 1500. The Hall–Kier alpha value is -3.75. The van der Waals surface area contributed by atoms with Gasteiger partial charge >= 0.3 is 12.2 Å². The van der Waals surface area contributed by atoms with Crippen molar-refractivity contribution in [2.75, 3.05) is 50.5 Å². The number of hydrogen-bond acceptors (Lipinski definition) is 6. The number of urea groups is 1. The summed E-state index contributed by atoms with van der Waals surface area (Å²) in [6.45, 7) is 1.37. The number of fused-ring (bicyclic) bond motifs is 1. The smallest absolute Gasteiger partial charge is 0.364 e. The number of anilines is 2. The summed E-state index contributed by atoms with van der Waals surface area (Å²) in [5, 5.41) is 10.3. The molecule has 10 nitrogen and oxygen atoms in total. The van der Waals surface area contributed by atoms with Crippen LogP contribution in [0.3, 0.4) is 0 Å². The Kier molecular flexibility index (Phi) is 7.42. The van der Waals surface area contributed by atoms with E-state index < -0.39 is 47.5 Å². The molecule has 3 aromatic rings. The lowest BCUT2D eigenvalue weighted by atomic mass is 9.92. The second kappa shape index (κ2) is 10.6. The second-order valence-corrected chi connectivity index (χ2v) is 10.9. The third-order valence-corrected chi connectivity index (χ3v) is 8.02. The van der Waals surface area contributed by atoms with Gasteiger partial charge in [-0.3, -0.25) is 9.89 Å². The summed E-state index contributed by atoms with van der Waals surface area (Å²) in [5.41, 5.74) is -0.741. The minimum absolute atomic E-state index is 0.122. The van der Waals surface area contributed by atoms with Gasteiger partial charge in [-0.05, 0) is 51.5 Å². The summed E-state index contributed by atoms with van der Waals surface area (Å²) < 4.78 is 71.2. The highest BCUT2D eigenvalue weighted by molar-refractivity contribution is 5.89. The highest BCUT2D eigenvalue weighted by Gasteiger charge is 2.48. The van der Waals surface area contributed by atoms with Gasteiger partial charge in [0, 0.05) is 43.8 Å². The highest BCUT2D eigenvalue weighted by Crippen LogP contribution is 2.36. The second-order valence-electron chi connectivity index (χ2n) is 10.9. The van der Waals surface area contributed by atoms with E-state index in [2.05, 4.69) is 32.4 Å². The Morgan fingerprint density at radius 2 is 1.85 bits per heavy atom. The van der Waals surface area contributed by atoms with Crippen molar-refractivity contribution in [3.63, 3.8) is 0 Å². The van der Waals surface area contributed by atoms with Crippen LogP contribution in [-0.2, 0) is 13.2 Å². The summed E-state index contributed by atoms with van der Waals surface area (Å²) in [6.07, 6.45) is -0.900. The van der Waals surface area contributed by atoms with Gasteiger partial charge in [0.1, 0.15) is 11.7 Å². The van der Waals surface area contributed by atoms with Crippen LogP contribution in [-0.4, -0.2) is 87.8 Å². The molecule has 2 aliphatic rings. The molecule has 2 N–H and O–H groups in total. The lowest BCUT2D eigenvalue weighted by molar-refractivity contribution is -0.138.